The number of fused-ring (bicyclic) bond motifs is 2. The van der Waals surface area contributed by atoms with Gasteiger partial charge in [-0.05, 0) is 142 Å². The molecule has 2 aliphatic heterocycles. The van der Waals surface area contributed by atoms with Crippen molar-refractivity contribution in [3.8, 4) is 22.6 Å². The zero-order valence-electron chi connectivity index (χ0n) is 28.5. The zero-order chi connectivity index (χ0) is 35.6. The number of nitrogens with zero attached hydrogens (tertiary/aromatic N) is 2. The second kappa shape index (κ2) is 12.0. The highest BCUT2D eigenvalue weighted by Gasteiger charge is 2.36. The molecule has 0 aliphatic carbocycles. The van der Waals surface area contributed by atoms with Gasteiger partial charge in [0.25, 0.3) is 23.6 Å². The molecule has 0 radical (unpaired) electrons. The van der Waals surface area contributed by atoms with E-state index >= 15 is 0 Å². The highest BCUT2D eigenvalue weighted by atomic mass is 16.5. The maximum Gasteiger partial charge on any atom is 0.343 e. The lowest BCUT2D eigenvalue weighted by atomic mass is 9.88. The van der Waals surface area contributed by atoms with Gasteiger partial charge in [-0.15, -0.1) is 0 Å². The molecule has 4 aromatic rings. The molecule has 0 saturated heterocycles. The fourth-order valence-electron chi connectivity index (χ4n) is 6.49. The van der Waals surface area contributed by atoms with Crippen LogP contribution in [0.15, 0.2) is 48.5 Å². The zero-order valence-corrected chi connectivity index (χ0v) is 28.5. The van der Waals surface area contributed by atoms with Gasteiger partial charge in [-0.25, -0.2) is 9.59 Å². The number of aryl methyl sites for hydroxylation is 2. The maximum atomic E-state index is 13.3. The minimum Gasteiger partial charge on any atom is -0.422 e. The molecular formula is C39H34N2O8. The van der Waals surface area contributed by atoms with Gasteiger partial charge < -0.3 is 9.47 Å². The first-order chi connectivity index (χ1) is 23.2. The van der Waals surface area contributed by atoms with E-state index in [1.54, 1.807) is 6.92 Å². The Balaban J connectivity index is 1.27. The highest BCUT2D eigenvalue weighted by molar-refractivity contribution is 6.22. The number of hydrogen-bond donors (Lipinski definition) is 0. The molecule has 248 valence electrons. The number of carbonyl (C=O) groups is 6. The third-order valence-corrected chi connectivity index (χ3v) is 9.58. The Hall–Kier alpha value is -5.90. The normalized spacial score (nSPS) is 13.6. The van der Waals surface area contributed by atoms with Gasteiger partial charge in [-0.2, -0.15) is 0 Å². The molecule has 4 amide bonds. The van der Waals surface area contributed by atoms with E-state index in [9.17, 15) is 28.8 Å². The van der Waals surface area contributed by atoms with Crippen LogP contribution in [-0.4, -0.2) is 59.0 Å². The summed E-state index contributed by atoms with van der Waals surface area (Å²) in [7, 11) is 1.40. The summed E-state index contributed by atoms with van der Waals surface area (Å²) in [4.78, 5) is 78.6. The van der Waals surface area contributed by atoms with E-state index in [2.05, 4.69) is 0 Å². The topological polar surface area (TPSA) is 127 Å². The Morgan fingerprint density at radius 1 is 0.531 bits per heavy atom. The van der Waals surface area contributed by atoms with E-state index in [1.165, 1.54) is 43.4 Å². The molecular weight excluding hydrogens is 624 g/mol. The monoisotopic (exact) mass is 658 g/mol. The highest BCUT2D eigenvalue weighted by Crippen LogP contribution is 2.40. The van der Waals surface area contributed by atoms with Crippen LogP contribution in [0.2, 0.25) is 0 Å². The summed E-state index contributed by atoms with van der Waals surface area (Å²) in [5, 5.41) is 0. The molecule has 0 N–H and O–H groups in total. The van der Waals surface area contributed by atoms with Gasteiger partial charge >= 0.3 is 11.9 Å². The van der Waals surface area contributed by atoms with Gasteiger partial charge in [0.05, 0.1) is 33.4 Å². The Labute approximate surface area is 283 Å². The van der Waals surface area contributed by atoms with Crippen LogP contribution >= 0.6 is 0 Å². The van der Waals surface area contributed by atoms with E-state index in [0.717, 1.165) is 54.3 Å². The molecule has 0 aromatic heterocycles. The summed E-state index contributed by atoms with van der Waals surface area (Å²) in [6, 6.07) is 12.6. The van der Waals surface area contributed by atoms with Crippen molar-refractivity contribution < 1.29 is 38.2 Å². The lowest BCUT2D eigenvalue weighted by Gasteiger charge is -2.21. The molecule has 2 aliphatic rings. The Bertz CT molecular complexity index is 2210. The van der Waals surface area contributed by atoms with Crippen molar-refractivity contribution >= 4 is 35.6 Å². The van der Waals surface area contributed by atoms with E-state index in [4.69, 9.17) is 9.47 Å². The average Bonchev–Trinajstić information content (AvgIpc) is 3.46. The van der Waals surface area contributed by atoms with Gasteiger partial charge in [-0.1, -0.05) is 0 Å². The molecule has 0 saturated carbocycles. The standard InChI is InChI=1S/C39H34N2O8/c1-9-41-36(44)27-13-11-25(17-31(27)37(41)45)39(47)49-33-19(3)15-29(21(5)23(33)7)28-14-18(2)32(22(6)20(28)4)48-38(46)24-10-12-26-30(16-24)35(43)40(8)34(26)42/h10-17H,9H2,1-8H3. The minimum atomic E-state index is -0.646. The molecule has 0 bridgehead atoms. The summed E-state index contributed by atoms with van der Waals surface area (Å²) in [5.74, 6) is -2.17. The summed E-state index contributed by atoms with van der Waals surface area (Å²) in [5.41, 5.74) is 7.75. The number of benzene rings is 4. The number of esters is 2. The molecule has 2 heterocycles. The minimum absolute atomic E-state index is 0.158. The van der Waals surface area contributed by atoms with Gasteiger partial charge in [0.2, 0.25) is 0 Å². The molecule has 0 spiro atoms. The molecule has 0 atom stereocenters. The molecule has 10 nitrogen and oxygen atoms in total. The molecule has 10 heteroatoms. The van der Waals surface area contributed by atoms with E-state index in [-0.39, 0.29) is 45.8 Å². The number of rotatable bonds is 6. The summed E-state index contributed by atoms with van der Waals surface area (Å²) < 4.78 is 11.8. The van der Waals surface area contributed by atoms with E-state index in [1.807, 2.05) is 53.7 Å². The first kappa shape index (κ1) is 33.0. The SMILES string of the molecule is CCN1C(=O)c2ccc(C(=O)Oc3c(C)cc(-c4cc(C)c(OC(=O)c5ccc6c(c5)C(=O)N(C)C6=O)c(C)c4C)c(C)c3C)cc2C1=O. The molecule has 0 unspecified atom stereocenters. The predicted molar refractivity (Wildman–Crippen MR) is 181 cm³/mol. The number of ether oxygens (including phenoxy) is 2. The van der Waals surface area contributed by atoms with E-state index in [0.29, 0.717) is 11.5 Å². The lowest BCUT2D eigenvalue weighted by Crippen LogP contribution is -2.29. The summed E-state index contributed by atoms with van der Waals surface area (Å²) >= 11 is 0. The number of amides is 4. The van der Waals surface area contributed by atoms with Crippen LogP contribution < -0.4 is 9.47 Å². The van der Waals surface area contributed by atoms with Crippen LogP contribution in [0.4, 0.5) is 0 Å². The van der Waals surface area contributed by atoms with Crippen LogP contribution in [0, 0.1) is 41.5 Å². The van der Waals surface area contributed by atoms with Crippen molar-refractivity contribution in [3.05, 3.63) is 115 Å². The van der Waals surface area contributed by atoms with Crippen LogP contribution in [0.5, 0.6) is 11.5 Å². The van der Waals surface area contributed by atoms with Crippen molar-refractivity contribution in [1.82, 2.24) is 9.80 Å². The molecule has 4 aromatic carbocycles. The van der Waals surface area contributed by atoms with Crippen LogP contribution in [0.3, 0.4) is 0 Å². The Morgan fingerprint density at radius 2 is 0.918 bits per heavy atom. The molecule has 49 heavy (non-hydrogen) atoms. The van der Waals surface area contributed by atoms with Gasteiger partial charge in [0.1, 0.15) is 11.5 Å². The van der Waals surface area contributed by atoms with Crippen molar-refractivity contribution in [1.29, 1.82) is 0 Å². The van der Waals surface area contributed by atoms with Crippen molar-refractivity contribution in [2.75, 3.05) is 13.6 Å². The molecule has 0 fully saturated rings. The largest absolute Gasteiger partial charge is 0.422 e. The number of hydrogen-bond acceptors (Lipinski definition) is 8. The number of imide groups is 2. The summed E-state index contributed by atoms with van der Waals surface area (Å²) in [6.07, 6.45) is 0. The van der Waals surface area contributed by atoms with Crippen LogP contribution in [-0.2, 0) is 0 Å². The maximum absolute atomic E-state index is 13.3. The predicted octanol–water partition coefficient (Wildman–Crippen LogP) is 6.48. The lowest BCUT2D eigenvalue weighted by molar-refractivity contribution is 0.0655. The quantitative estimate of drug-likeness (QED) is 0.131. The second-order valence-corrected chi connectivity index (χ2v) is 12.5. The number of carbonyl (C=O) groups excluding carboxylic acids is 6. The first-order valence-electron chi connectivity index (χ1n) is 15.8. The second-order valence-electron chi connectivity index (χ2n) is 12.5. The fraction of sp³-hybridized carbons (Fsp3) is 0.231. The smallest absolute Gasteiger partial charge is 0.343 e. The first-order valence-corrected chi connectivity index (χ1v) is 15.8. The average molecular weight is 659 g/mol. The van der Waals surface area contributed by atoms with Gasteiger partial charge in [0.15, 0.2) is 0 Å². The molecule has 6 rings (SSSR count). The fourth-order valence-corrected chi connectivity index (χ4v) is 6.49. The van der Waals surface area contributed by atoms with Crippen LogP contribution in [0.1, 0.15) is 102 Å². The van der Waals surface area contributed by atoms with Crippen LogP contribution in [0.25, 0.3) is 11.1 Å². The van der Waals surface area contributed by atoms with Crippen molar-refractivity contribution in [2.45, 2.75) is 48.5 Å². The summed E-state index contributed by atoms with van der Waals surface area (Å²) in [6.45, 7) is 13.3. The Kier molecular flexibility index (Phi) is 8.06. The van der Waals surface area contributed by atoms with Crippen molar-refractivity contribution in [2.24, 2.45) is 0 Å². The third kappa shape index (κ3) is 5.20. The van der Waals surface area contributed by atoms with Crippen molar-refractivity contribution in [3.63, 3.8) is 0 Å². The van der Waals surface area contributed by atoms with E-state index < -0.39 is 29.7 Å². The third-order valence-electron chi connectivity index (χ3n) is 9.58. The van der Waals surface area contributed by atoms with Gasteiger partial charge in [0, 0.05) is 13.6 Å². The van der Waals surface area contributed by atoms with Gasteiger partial charge in [-0.3, -0.25) is 29.0 Å². The Morgan fingerprint density at radius 3 is 1.37 bits per heavy atom.